The van der Waals surface area contributed by atoms with Crippen LogP contribution in [0.1, 0.15) is 30.5 Å². The summed E-state index contributed by atoms with van der Waals surface area (Å²) >= 11 is 0. The number of para-hydroxylation sites is 2. The lowest BCUT2D eigenvalue weighted by molar-refractivity contribution is -0.121. The van der Waals surface area contributed by atoms with E-state index in [2.05, 4.69) is 5.32 Å². The highest BCUT2D eigenvalue weighted by atomic mass is 16.5. The monoisotopic (exact) mass is 405 g/mol. The van der Waals surface area contributed by atoms with Crippen LogP contribution in [0.3, 0.4) is 0 Å². The van der Waals surface area contributed by atoms with E-state index in [9.17, 15) is 4.79 Å². The summed E-state index contributed by atoms with van der Waals surface area (Å²) in [6.07, 6.45) is 3.15. The second-order valence-electron chi connectivity index (χ2n) is 7.47. The highest BCUT2D eigenvalue weighted by Crippen LogP contribution is 2.31. The number of ether oxygens (including phenoxy) is 2. The Bertz CT molecular complexity index is 964. The Balaban J connectivity index is 1.52. The third-order valence-corrected chi connectivity index (χ3v) is 5.25. The van der Waals surface area contributed by atoms with E-state index in [1.165, 1.54) is 0 Å². The Kier molecular flexibility index (Phi) is 6.44. The molecule has 2 aromatic carbocycles. The highest BCUT2D eigenvalue weighted by Gasteiger charge is 2.20. The van der Waals surface area contributed by atoms with Crippen LogP contribution in [0.4, 0.5) is 0 Å². The van der Waals surface area contributed by atoms with Crippen LogP contribution in [0.5, 0.6) is 11.6 Å². The first kappa shape index (κ1) is 20.2. The van der Waals surface area contributed by atoms with Gasteiger partial charge in [0.25, 0.3) is 0 Å². The van der Waals surface area contributed by atoms with Gasteiger partial charge in [0.1, 0.15) is 5.75 Å². The van der Waals surface area contributed by atoms with E-state index in [4.69, 9.17) is 14.6 Å². The molecule has 6 nitrogen and oxygen atoms in total. The predicted octanol–water partition coefficient (Wildman–Crippen LogP) is 4.20. The largest absolute Gasteiger partial charge is 0.439 e. The van der Waals surface area contributed by atoms with Crippen molar-refractivity contribution in [2.24, 2.45) is 0 Å². The van der Waals surface area contributed by atoms with Crippen molar-refractivity contribution in [3.63, 3.8) is 0 Å². The Morgan fingerprint density at radius 3 is 2.60 bits per heavy atom. The van der Waals surface area contributed by atoms with E-state index in [-0.39, 0.29) is 12.0 Å². The third-order valence-electron chi connectivity index (χ3n) is 5.25. The SMILES string of the molecule is Cc1nn(-c2ccccc2)c(Oc2ccccc2)c1CCC(=O)NC[C@@H]1CCCO1. The summed E-state index contributed by atoms with van der Waals surface area (Å²) in [5.41, 5.74) is 2.72. The normalized spacial score (nSPS) is 15.8. The molecule has 0 radical (unpaired) electrons. The summed E-state index contributed by atoms with van der Waals surface area (Å²) in [5, 5.41) is 7.69. The van der Waals surface area contributed by atoms with Gasteiger partial charge in [0.05, 0.1) is 17.5 Å². The molecule has 1 aliphatic heterocycles. The molecule has 1 saturated heterocycles. The number of hydrogen-bond donors (Lipinski definition) is 1. The molecule has 1 fully saturated rings. The minimum absolute atomic E-state index is 0.0167. The van der Waals surface area contributed by atoms with Gasteiger partial charge in [0.15, 0.2) is 0 Å². The molecule has 0 spiro atoms. The van der Waals surface area contributed by atoms with Crippen molar-refractivity contribution in [3.8, 4) is 17.3 Å². The van der Waals surface area contributed by atoms with Crippen LogP contribution in [-0.4, -0.2) is 34.9 Å². The number of amides is 1. The fourth-order valence-corrected chi connectivity index (χ4v) is 3.64. The van der Waals surface area contributed by atoms with Crippen molar-refractivity contribution < 1.29 is 14.3 Å². The van der Waals surface area contributed by atoms with Crippen LogP contribution in [0.2, 0.25) is 0 Å². The molecule has 1 atom stereocenters. The van der Waals surface area contributed by atoms with Crippen molar-refractivity contribution in [1.82, 2.24) is 15.1 Å². The molecule has 1 N–H and O–H groups in total. The van der Waals surface area contributed by atoms with Crippen LogP contribution in [0, 0.1) is 6.92 Å². The molecule has 3 aromatic rings. The van der Waals surface area contributed by atoms with Crippen LogP contribution < -0.4 is 10.1 Å². The molecule has 0 saturated carbocycles. The summed E-state index contributed by atoms with van der Waals surface area (Å²) < 4.78 is 13.6. The second kappa shape index (κ2) is 9.59. The van der Waals surface area contributed by atoms with Crippen molar-refractivity contribution >= 4 is 5.91 Å². The second-order valence-corrected chi connectivity index (χ2v) is 7.47. The summed E-state index contributed by atoms with van der Waals surface area (Å²) in [4.78, 5) is 12.4. The van der Waals surface area contributed by atoms with Gasteiger partial charge in [-0.25, -0.2) is 4.68 Å². The van der Waals surface area contributed by atoms with Gasteiger partial charge in [-0.3, -0.25) is 4.79 Å². The first-order valence-electron chi connectivity index (χ1n) is 10.5. The van der Waals surface area contributed by atoms with Gasteiger partial charge in [0, 0.05) is 25.1 Å². The Morgan fingerprint density at radius 1 is 1.17 bits per heavy atom. The lowest BCUT2D eigenvalue weighted by Crippen LogP contribution is -2.31. The fraction of sp³-hybridized carbons (Fsp3) is 0.333. The molecule has 1 aliphatic rings. The zero-order chi connectivity index (χ0) is 20.8. The maximum atomic E-state index is 12.4. The molecule has 4 rings (SSSR count). The number of benzene rings is 2. The lowest BCUT2D eigenvalue weighted by atomic mass is 10.1. The van der Waals surface area contributed by atoms with Crippen molar-refractivity contribution in [1.29, 1.82) is 0 Å². The van der Waals surface area contributed by atoms with E-state index in [1.54, 1.807) is 0 Å². The number of rotatable bonds is 8. The molecular weight excluding hydrogens is 378 g/mol. The lowest BCUT2D eigenvalue weighted by Gasteiger charge is -2.12. The Morgan fingerprint density at radius 2 is 1.90 bits per heavy atom. The van der Waals surface area contributed by atoms with Crippen molar-refractivity contribution in [2.45, 2.75) is 38.7 Å². The van der Waals surface area contributed by atoms with Gasteiger partial charge in [-0.1, -0.05) is 36.4 Å². The van der Waals surface area contributed by atoms with E-state index in [0.29, 0.717) is 25.3 Å². The topological polar surface area (TPSA) is 65.4 Å². The molecule has 0 bridgehead atoms. The molecule has 6 heteroatoms. The maximum absolute atomic E-state index is 12.4. The average Bonchev–Trinajstić information content (AvgIpc) is 3.40. The van der Waals surface area contributed by atoms with Gasteiger partial charge in [-0.15, -0.1) is 0 Å². The third kappa shape index (κ3) is 4.89. The van der Waals surface area contributed by atoms with E-state index < -0.39 is 0 Å². The summed E-state index contributed by atoms with van der Waals surface area (Å²) in [6.45, 7) is 3.32. The number of aryl methyl sites for hydroxylation is 1. The quantitative estimate of drug-likeness (QED) is 0.610. The number of hydrogen-bond acceptors (Lipinski definition) is 4. The molecule has 30 heavy (non-hydrogen) atoms. The Labute approximate surface area is 176 Å². The molecule has 0 aliphatic carbocycles. The zero-order valence-electron chi connectivity index (χ0n) is 17.2. The van der Waals surface area contributed by atoms with Gasteiger partial charge >= 0.3 is 0 Å². The molecule has 0 unspecified atom stereocenters. The molecular formula is C24H27N3O3. The van der Waals surface area contributed by atoms with E-state index in [0.717, 1.165) is 42.1 Å². The standard InChI is InChI=1S/C24H27N3O3/c1-18-22(14-15-23(28)25-17-21-13-8-16-29-21)24(30-20-11-6-3-7-12-20)27(26-18)19-9-4-2-5-10-19/h2-7,9-12,21H,8,13-17H2,1H3,(H,25,28)/t21-/m0/s1. The minimum Gasteiger partial charge on any atom is -0.439 e. The van der Waals surface area contributed by atoms with Crippen LogP contribution in [-0.2, 0) is 16.0 Å². The summed E-state index contributed by atoms with van der Waals surface area (Å²) in [7, 11) is 0. The van der Waals surface area contributed by atoms with Crippen LogP contribution >= 0.6 is 0 Å². The molecule has 2 heterocycles. The molecule has 1 aromatic heterocycles. The van der Waals surface area contributed by atoms with E-state index in [1.807, 2.05) is 72.3 Å². The van der Waals surface area contributed by atoms with Gasteiger partial charge in [0.2, 0.25) is 11.8 Å². The minimum atomic E-state index is 0.0167. The number of nitrogens with one attached hydrogen (secondary N) is 1. The first-order chi connectivity index (χ1) is 14.7. The molecule has 1 amide bonds. The van der Waals surface area contributed by atoms with Crippen LogP contribution in [0.15, 0.2) is 60.7 Å². The summed E-state index contributed by atoms with van der Waals surface area (Å²) in [5.74, 6) is 1.40. The predicted molar refractivity (Wildman–Crippen MR) is 115 cm³/mol. The van der Waals surface area contributed by atoms with Gasteiger partial charge < -0.3 is 14.8 Å². The van der Waals surface area contributed by atoms with Gasteiger partial charge in [-0.05, 0) is 50.5 Å². The highest BCUT2D eigenvalue weighted by molar-refractivity contribution is 5.76. The maximum Gasteiger partial charge on any atom is 0.226 e. The van der Waals surface area contributed by atoms with Gasteiger partial charge in [-0.2, -0.15) is 5.10 Å². The number of nitrogens with zero attached hydrogens (tertiary/aromatic N) is 2. The number of carbonyl (C=O) groups excluding carboxylic acids is 1. The van der Waals surface area contributed by atoms with Crippen molar-refractivity contribution in [2.75, 3.05) is 13.2 Å². The van der Waals surface area contributed by atoms with E-state index >= 15 is 0 Å². The molecule has 156 valence electrons. The first-order valence-corrected chi connectivity index (χ1v) is 10.5. The van der Waals surface area contributed by atoms with Crippen molar-refractivity contribution in [3.05, 3.63) is 71.9 Å². The Hall–Kier alpha value is -3.12. The number of carbonyl (C=O) groups is 1. The average molecular weight is 405 g/mol. The zero-order valence-corrected chi connectivity index (χ0v) is 17.2. The van der Waals surface area contributed by atoms with Crippen LogP contribution in [0.25, 0.3) is 5.69 Å². The number of aromatic nitrogens is 2. The summed E-state index contributed by atoms with van der Waals surface area (Å²) in [6, 6.07) is 19.5. The smallest absolute Gasteiger partial charge is 0.226 e. The fourth-order valence-electron chi connectivity index (χ4n) is 3.64.